The van der Waals surface area contributed by atoms with E-state index in [-0.39, 0.29) is 12.4 Å². The number of amides is 1. The number of hydrogen-bond acceptors (Lipinski definition) is 6. The predicted octanol–water partition coefficient (Wildman–Crippen LogP) is 3.29. The number of nitrogens with zero attached hydrogens (tertiary/aromatic N) is 2. The minimum absolute atomic E-state index is 0.0483. The summed E-state index contributed by atoms with van der Waals surface area (Å²) in [6.45, 7) is -1.03. The number of carbonyl (C=O) groups excluding carboxylic acids is 2. The molecule has 0 spiro atoms. The van der Waals surface area contributed by atoms with Crippen LogP contribution < -0.4 is 15.7 Å². The molecule has 172 valence electrons. The highest BCUT2D eigenvalue weighted by molar-refractivity contribution is 5.83. The predicted molar refractivity (Wildman–Crippen MR) is 101 cm³/mol. The summed E-state index contributed by atoms with van der Waals surface area (Å²) in [5, 5.41) is 2.19. The highest BCUT2D eigenvalue weighted by atomic mass is 19.2. The second kappa shape index (κ2) is 9.89. The van der Waals surface area contributed by atoms with Gasteiger partial charge in [0.2, 0.25) is 34.8 Å². The monoisotopic (exact) mass is 469 g/mol. The fourth-order valence-corrected chi connectivity index (χ4v) is 2.44. The average Bonchev–Trinajstić information content (AvgIpc) is 2.80. The summed E-state index contributed by atoms with van der Waals surface area (Å²) in [6, 6.07) is 9.80. The number of aromatic nitrogens is 2. The van der Waals surface area contributed by atoms with Crippen LogP contribution in [0.4, 0.5) is 32.6 Å². The summed E-state index contributed by atoms with van der Waals surface area (Å²) < 4.78 is 76.4. The van der Waals surface area contributed by atoms with Crippen LogP contribution in [-0.4, -0.2) is 21.6 Å². The first-order valence-electron chi connectivity index (χ1n) is 8.94. The Labute approximate surface area is 181 Å². The van der Waals surface area contributed by atoms with Crippen molar-refractivity contribution in [3.8, 4) is 5.75 Å². The van der Waals surface area contributed by atoms with Crippen molar-refractivity contribution in [3.63, 3.8) is 0 Å². The second-order valence-electron chi connectivity index (χ2n) is 6.28. The van der Waals surface area contributed by atoms with Crippen molar-refractivity contribution >= 4 is 17.9 Å². The number of benzene rings is 2. The molecule has 0 unspecified atom stereocenters. The van der Waals surface area contributed by atoms with Gasteiger partial charge >= 0.3 is 17.8 Å². The van der Waals surface area contributed by atoms with E-state index in [9.17, 15) is 36.3 Å². The maximum atomic E-state index is 13.6. The van der Waals surface area contributed by atoms with Crippen LogP contribution in [0.15, 0.2) is 47.4 Å². The fraction of sp³-hybridized carbons (Fsp3) is 0.100. The molecule has 13 heteroatoms. The quantitative estimate of drug-likeness (QED) is 0.196. The zero-order valence-corrected chi connectivity index (χ0v) is 16.3. The summed E-state index contributed by atoms with van der Waals surface area (Å²) >= 11 is 0. The zero-order valence-electron chi connectivity index (χ0n) is 16.3. The first-order valence-corrected chi connectivity index (χ1v) is 8.94. The third-order valence-corrected chi connectivity index (χ3v) is 4.00. The Morgan fingerprint density at radius 2 is 1.52 bits per heavy atom. The van der Waals surface area contributed by atoms with Crippen LogP contribution in [-0.2, 0) is 22.7 Å². The molecule has 1 aromatic heterocycles. The Morgan fingerprint density at radius 1 is 0.909 bits per heavy atom. The summed E-state index contributed by atoms with van der Waals surface area (Å²) in [5.74, 6) is -15.3. The Morgan fingerprint density at radius 3 is 2.12 bits per heavy atom. The van der Waals surface area contributed by atoms with Crippen LogP contribution in [0.1, 0.15) is 5.56 Å². The van der Waals surface area contributed by atoms with Gasteiger partial charge in [-0.15, -0.1) is 0 Å². The summed E-state index contributed by atoms with van der Waals surface area (Å²) in [4.78, 5) is 39.1. The van der Waals surface area contributed by atoms with Crippen molar-refractivity contribution in [2.45, 2.75) is 13.2 Å². The smallest absolute Gasteiger partial charge is 0.413 e. The summed E-state index contributed by atoms with van der Waals surface area (Å²) in [5.41, 5.74) is -0.381. The van der Waals surface area contributed by atoms with E-state index in [0.29, 0.717) is 10.1 Å². The van der Waals surface area contributed by atoms with Crippen molar-refractivity contribution in [1.82, 2.24) is 9.55 Å². The van der Waals surface area contributed by atoms with Gasteiger partial charge in [0.1, 0.15) is 19.0 Å². The van der Waals surface area contributed by atoms with E-state index >= 15 is 0 Å². The number of nitrogens with one attached hydrogen (secondary N) is 1. The Hall–Kier alpha value is -4.29. The topological polar surface area (TPSA) is 99.5 Å². The van der Waals surface area contributed by atoms with Gasteiger partial charge in [-0.05, 0) is 11.6 Å². The van der Waals surface area contributed by atoms with Gasteiger partial charge in [-0.25, -0.2) is 27.6 Å². The zero-order chi connectivity index (χ0) is 24.1. The second-order valence-corrected chi connectivity index (χ2v) is 6.28. The first kappa shape index (κ1) is 23.4. The maximum Gasteiger partial charge on any atom is 0.413 e. The number of rotatable bonds is 6. The van der Waals surface area contributed by atoms with E-state index in [1.54, 1.807) is 30.3 Å². The van der Waals surface area contributed by atoms with E-state index in [1.807, 2.05) is 0 Å². The summed E-state index contributed by atoms with van der Waals surface area (Å²) in [6.07, 6.45) is 0.0521. The molecule has 0 saturated heterocycles. The molecular formula is C20H12F5N3O5. The normalized spacial score (nSPS) is 10.6. The van der Waals surface area contributed by atoms with E-state index < -0.39 is 59.1 Å². The molecular weight excluding hydrogens is 457 g/mol. The molecule has 1 heterocycles. The molecule has 0 aliphatic heterocycles. The van der Waals surface area contributed by atoms with Crippen molar-refractivity contribution < 1.29 is 41.0 Å². The Bertz CT molecular complexity index is 1240. The number of halogens is 5. The molecule has 0 radical (unpaired) electrons. The molecule has 3 aromatic rings. The molecule has 3 rings (SSSR count). The molecule has 8 nitrogen and oxygen atoms in total. The highest BCUT2D eigenvalue weighted by Crippen LogP contribution is 2.29. The number of anilines is 1. The number of esters is 1. The lowest BCUT2D eigenvalue weighted by Crippen LogP contribution is -2.29. The molecule has 1 amide bonds. The fourth-order valence-electron chi connectivity index (χ4n) is 2.44. The summed E-state index contributed by atoms with van der Waals surface area (Å²) in [7, 11) is 0. The third-order valence-electron chi connectivity index (χ3n) is 4.00. The number of carbonyl (C=O) groups is 2. The lowest BCUT2D eigenvalue weighted by Gasteiger charge is -2.10. The maximum absolute atomic E-state index is 13.6. The van der Waals surface area contributed by atoms with Crippen molar-refractivity contribution in [3.05, 3.63) is 87.7 Å². The Balaban J connectivity index is 1.63. The molecule has 0 saturated carbocycles. The minimum atomic E-state index is -2.42. The van der Waals surface area contributed by atoms with E-state index in [0.717, 1.165) is 12.3 Å². The lowest BCUT2D eigenvalue weighted by atomic mass is 10.2. The molecule has 0 aliphatic rings. The minimum Gasteiger partial charge on any atom is -0.444 e. The molecule has 0 atom stereocenters. The largest absolute Gasteiger partial charge is 0.444 e. The van der Waals surface area contributed by atoms with E-state index in [2.05, 4.69) is 15.0 Å². The molecule has 0 aliphatic carbocycles. The highest BCUT2D eigenvalue weighted by Gasteiger charge is 2.28. The van der Waals surface area contributed by atoms with Gasteiger partial charge < -0.3 is 9.47 Å². The number of hydrogen-bond donors (Lipinski definition) is 1. The third kappa shape index (κ3) is 5.50. The van der Waals surface area contributed by atoms with Crippen molar-refractivity contribution in [2.24, 2.45) is 0 Å². The van der Waals surface area contributed by atoms with Crippen LogP contribution in [0.5, 0.6) is 5.75 Å². The van der Waals surface area contributed by atoms with Gasteiger partial charge in [0.15, 0.2) is 0 Å². The van der Waals surface area contributed by atoms with Crippen LogP contribution in [0.3, 0.4) is 0 Å². The molecule has 0 bridgehead atoms. The van der Waals surface area contributed by atoms with Gasteiger partial charge in [-0.2, -0.15) is 13.8 Å². The van der Waals surface area contributed by atoms with Gasteiger partial charge in [-0.1, -0.05) is 30.3 Å². The van der Waals surface area contributed by atoms with E-state index in [1.165, 1.54) is 0 Å². The van der Waals surface area contributed by atoms with Crippen LogP contribution >= 0.6 is 0 Å². The Kier molecular flexibility index (Phi) is 7.00. The lowest BCUT2D eigenvalue weighted by molar-refractivity contribution is -0.135. The molecule has 33 heavy (non-hydrogen) atoms. The van der Waals surface area contributed by atoms with Crippen LogP contribution in [0.25, 0.3) is 0 Å². The van der Waals surface area contributed by atoms with Gasteiger partial charge in [0.25, 0.3) is 0 Å². The van der Waals surface area contributed by atoms with Crippen molar-refractivity contribution in [2.75, 3.05) is 5.32 Å². The average molecular weight is 469 g/mol. The van der Waals surface area contributed by atoms with Gasteiger partial charge in [-0.3, -0.25) is 9.88 Å². The standard InChI is InChI=1S/C20H12F5N3O5/c21-13-14(22)16(24)18(17(25)15(13)23)33-12(29)8-28-7-6-11(26-19(28)30)27-20(31)32-9-10-4-2-1-3-5-10/h1-7H,8-9H2,(H,26,27,30,31). The van der Waals surface area contributed by atoms with E-state index in [4.69, 9.17) is 4.74 Å². The van der Waals surface area contributed by atoms with Crippen molar-refractivity contribution in [1.29, 1.82) is 0 Å². The molecule has 2 aromatic carbocycles. The number of ether oxygens (including phenoxy) is 2. The van der Waals surface area contributed by atoms with Gasteiger partial charge in [0, 0.05) is 6.20 Å². The van der Waals surface area contributed by atoms with Gasteiger partial charge in [0.05, 0.1) is 0 Å². The first-order chi connectivity index (χ1) is 15.7. The molecule has 0 fully saturated rings. The van der Waals surface area contributed by atoms with Crippen LogP contribution in [0.2, 0.25) is 0 Å². The SMILES string of the molecule is O=C(Cn1ccc(NC(=O)OCc2ccccc2)nc1=O)Oc1c(F)c(F)c(F)c(F)c1F. The van der Waals surface area contributed by atoms with Crippen LogP contribution in [0, 0.1) is 29.1 Å². The molecule has 1 N–H and O–H groups in total.